The van der Waals surface area contributed by atoms with Crippen molar-refractivity contribution < 1.29 is 9.84 Å². The Morgan fingerprint density at radius 3 is 3.00 bits per heavy atom. The summed E-state index contributed by atoms with van der Waals surface area (Å²) in [5, 5.41) is 8.77. The number of rotatable bonds is 4. The van der Waals surface area contributed by atoms with Crippen LogP contribution in [0.25, 0.3) is 0 Å². The largest absolute Gasteiger partial charge is 0.387 e. The van der Waals surface area contributed by atoms with E-state index in [4.69, 9.17) is 16.3 Å². The molecule has 0 radical (unpaired) electrons. The molecule has 1 N–H and O–H groups in total. The van der Waals surface area contributed by atoms with E-state index in [0.29, 0.717) is 0 Å². The summed E-state index contributed by atoms with van der Waals surface area (Å²) in [6.45, 7) is 3.83. The van der Waals surface area contributed by atoms with E-state index in [0.717, 1.165) is 0 Å². The Labute approximate surface area is 55.1 Å². The maximum absolute atomic E-state index is 8.77. The molecule has 0 aliphatic rings. The highest BCUT2D eigenvalue weighted by Crippen LogP contribution is 1.83. The molecular weight excluding hydrogens is 116 g/mol. The molecule has 1 unspecified atom stereocenters. The second kappa shape index (κ2) is 5.36. The van der Waals surface area contributed by atoms with Crippen molar-refractivity contribution in [1.82, 2.24) is 0 Å². The molecule has 0 aromatic rings. The number of hydrogen-bond donors (Lipinski definition) is 1. The third-order valence-electron chi connectivity index (χ3n) is 0.746. The average molecular weight is 126 g/mol. The van der Waals surface area contributed by atoms with Crippen LogP contribution in [0.1, 0.15) is 0 Å². The highest BCUT2D eigenvalue weighted by molar-refractivity contribution is 4.84. The van der Waals surface area contributed by atoms with Crippen molar-refractivity contribution in [3.63, 3.8) is 0 Å². The number of terminal acetylenes is 1. The van der Waals surface area contributed by atoms with Gasteiger partial charge in [-0.05, 0) is 0 Å². The van der Waals surface area contributed by atoms with Gasteiger partial charge >= 0.3 is 0 Å². The molecule has 0 aliphatic carbocycles. The van der Waals surface area contributed by atoms with Gasteiger partial charge in [-0.25, -0.2) is 0 Å². The molecule has 0 heterocycles. The number of aliphatic hydroxyl groups is 1. The van der Waals surface area contributed by atoms with Crippen molar-refractivity contribution in [2.75, 3.05) is 13.2 Å². The van der Waals surface area contributed by atoms with Gasteiger partial charge < -0.3 is 9.84 Å². The van der Waals surface area contributed by atoms with E-state index in [1.165, 1.54) is 6.08 Å². The molecule has 0 aromatic heterocycles. The Kier molecular flexibility index (Phi) is 4.89. The predicted molar refractivity (Wildman–Crippen MR) is 35.9 cm³/mol. The molecule has 1 atom stereocenters. The fourth-order valence-electron chi connectivity index (χ4n) is 0.307. The van der Waals surface area contributed by atoms with Crippen molar-refractivity contribution in [1.29, 1.82) is 0 Å². The summed E-state index contributed by atoms with van der Waals surface area (Å²) in [5.74, 6) is 2.28. The van der Waals surface area contributed by atoms with Crippen LogP contribution in [0.4, 0.5) is 0 Å². The van der Waals surface area contributed by atoms with E-state index in [2.05, 4.69) is 12.5 Å². The van der Waals surface area contributed by atoms with Gasteiger partial charge in [0.05, 0.1) is 12.7 Å². The minimum absolute atomic E-state index is 0.230. The van der Waals surface area contributed by atoms with Crippen LogP contribution in [0.2, 0.25) is 0 Å². The van der Waals surface area contributed by atoms with Crippen LogP contribution in [0, 0.1) is 12.3 Å². The van der Waals surface area contributed by atoms with Crippen LogP contribution < -0.4 is 0 Å². The minimum atomic E-state index is -0.599. The van der Waals surface area contributed by atoms with E-state index in [9.17, 15) is 0 Å². The first-order valence-corrected chi connectivity index (χ1v) is 2.63. The maximum atomic E-state index is 8.77. The topological polar surface area (TPSA) is 29.5 Å². The Bertz CT molecular complexity index is 113. The van der Waals surface area contributed by atoms with Crippen LogP contribution in [-0.2, 0) is 4.74 Å². The molecule has 0 fully saturated rings. The van der Waals surface area contributed by atoms with Crippen LogP contribution in [-0.4, -0.2) is 24.4 Å². The van der Waals surface area contributed by atoms with Gasteiger partial charge in [0.25, 0.3) is 0 Å². The summed E-state index contributed by atoms with van der Waals surface area (Å²) in [6, 6.07) is 0. The molecule has 0 aromatic carbocycles. The summed E-state index contributed by atoms with van der Waals surface area (Å²) in [6.07, 6.45) is 5.67. The molecule has 0 spiro atoms. The highest BCUT2D eigenvalue weighted by Gasteiger charge is 1.94. The lowest BCUT2D eigenvalue weighted by Gasteiger charge is -2.02. The molecule has 0 saturated heterocycles. The van der Waals surface area contributed by atoms with Crippen LogP contribution in [0.15, 0.2) is 12.7 Å². The second-order valence-corrected chi connectivity index (χ2v) is 1.52. The summed E-state index contributed by atoms with van der Waals surface area (Å²) < 4.78 is 4.78. The van der Waals surface area contributed by atoms with Crippen molar-refractivity contribution in [3.8, 4) is 12.3 Å². The van der Waals surface area contributed by atoms with Gasteiger partial charge in [0.2, 0.25) is 0 Å². The molecule has 0 aliphatic heterocycles. The molecule has 0 saturated carbocycles. The summed E-state index contributed by atoms with van der Waals surface area (Å²) in [7, 11) is 0. The molecule has 50 valence electrons. The van der Waals surface area contributed by atoms with E-state index < -0.39 is 6.10 Å². The lowest BCUT2D eigenvalue weighted by atomic mass is 10.4. The van der Waals surface area contributed by atoms with Crippen LogP contribution in [0.3, 0.4) is 0 Å². The van der Waals surface area contributed by atoms with E-state index in [1.54, 1.807) is 0 Å². The van der Waals surface area contributed by atoms with Crippen LogP contribution >= 0.6 is 0 Å². The predicted octanol–water partition coefficient (Wildman–Crippen LogP) is 0.183. The SMILES string of the molecule is C#CCOCC(O)C=C. The van der Waals surface area contributed by atoms with Crippen molar-refractivity contribution in [2.45, 2.75) is 6.10 Å². The smallest absolute Gasteiger partial charge is 0.107 e. The summed E-state index contributed by atoms with van der Waals surface area (Å²) >= 11 is 0. The first-order chi connectivity index (χ1) is 4.31. The lowest BCUT2D eigenvalue weighted by Crippen LogP contribution is -2.11. The van der Waals surface area contributed by atoms with Gasteiger partial charge in [0.1, 0.15) is 6.61 Å². The van der Waals surface area contributed by atoms with E-state index in [1.807, 2.05) is 0 Å². The van der Waals surface area contributed by atoms with E-state index >= 15 is 0 Å². The first kappa shape index (κ1) is 8.22. The normalized spacial score (nSPS) is 12.0. The standard InChI is InChI=1S/C7H10O2/c1-3-5-9-6-7(8)4-2/h1,4,7-8H,2,5-6H2. The molecule has 9 heavy (non-hydrogen) atoms. The van der Waals surface area contributed by atoms with Gasteiger partial charge in [0.15, 0.2) is 0 Å². The maximum Gasteiger partial charge on any atom is 0.107 e. The number of ether oxygens (including phenoxy) is 1. The van der Waals surface area contributed by atoms with Gasteiger partial charge in [-0.1, -0.05) is 12.0 Å². The molecule has 0 amide bonds. The Balaban J connectivity index is 3.08. The zero-order valence-electron chi connectivity index (χ0n) is 5.21. The highest BCUT2D eigenvalue weighted by atomic mass is 16.5. The zero-order chi connectivity index (χ0) is 7.11. The molecule has 2 heteroatoms. The Morgan fingerprint density at radius 2 is 2.56 bits per heavy atom. The average Bonchev–Trinajstić information content (AvgIpc) is 1.89. The van der Waals surface area contributed by atoms with Crippen LogP contribution in [0.5, 0.6) is 0 Å². The van der Waals surface area contributed by atoms with Crippen molar-refractivity contribution in [2.24, 2.45) is 0 Å². The molecule has 0 bridgehead atoms. The van der Waals surface area contributed by atoms with E-state index in [-0.39, 0.29) is 13.2 Å². The first-order valence-electron chi connectivity index (χ1n) is 2.63. The quantitative estimate of drug-likeness (QED) is 0.331. The third kappa shape index (κ3) is 5.09. The lowest BCUT2D eigenvalue weighted by molar-refractivity contribution is 0.0775. The zero-order valence-corrected chi connectivity index (χ0v) is 5.21. The number of aliphatic hydroxyl groups excluding tert-OH is 1. The molecular formula is C7H10O2. The fraction of sp³-hybridized carbons (Fsp3) is 0.429. The monoisotopic (exact) mass is 126 g/mol. The van der Waals surface area contributed by atoms with Gasteiger partial charge in [0, 0.05) is 0 Å². The van der Waals surface area contributed by atoms with Gasteiger partial charge in [-0.2, -0.15) is 0 Å². The Hall–Kier alpha value is -0.780. The minimum Gasteiger partial charge on any atom is -0.387 e. The van der Waals surface area contributed by atoms with Crippen molar-refractivity contribution >= 4 is 0 Å². The molecule has 2 nitrogen and oxygen atoms in total. The molecule has 0 rings (SSSR count). The third-order valence-corrected chi connectivity index (χ3v) is 0.746. The fourth-order valence-corrected chi connectivity index (χ4v) is 0.307. The summed E-state index contributed by atoms with van der Waals surface area (Å²) in [4.78, 5) is 0. The second-order valence-electron chi connectivity index (χ2n) is 1.52. The number of hydrogen-bond acceptors (Lipinski definition) is 2. The summed E-state index contributed by atoms with van der Waals surface area (Å²) in [5.41, 5.74) is 0. The van der Waals surface area contributed by atoms with Gasteiger partial charge in [-0.15, -0.1) is 13.0 Å². The Morgan fingerprint density at radius 1 is 1.89 bits per heavy atom. The van der Waals surface area contributed by atoms with Gasteiger partial charge in [-0.3, -0.25) is 0 Å². The van der Waals surface area contributed by atoms with Crippen molar-refractivity contribution in [3.05, 3.63) is 12.7 Å².